The van der Waals surface area contributed by atoms with Gasteiger partial charge >= 0.3 is 6.18 Å². The highest BCUT2D eigenvalue weighted by atomic mass is 32.2. The van der Waals surface area contributed by atoms with Gasteiger partial charge < -0.3 is 4.90 Å². The lowest BCUT2D eigenvalue weighted by molar-refractivity contribution is -0.199. The Bertz CT molecular complexity index is 1600. The Labute approximate surface area is 230 Å². The molecule has 5 rings (SSSR count). The first-order valence-corrected chi connectivity index (χ1v) is 14.5. The van der Waals surface area contributed by atoms with Gasteiger partial charge in [-0.05, 0) is 67.9 Å². The van der Waals surface area contributed by atoms with Crippen molar-refractivity contribution < 1.29 is 31.2 Å². The quantitative estimate of drug-likeness (QED) is 0.469. The van der Waals surface area contributed by atoms with Gasteiger partial charge in [0.2, 0.25) is 5.91 Å². The Balaban J connectivity index is 1.47. The molecule has 3 aliphatic rings. The number of rotatable bonds is 7. The first-order valence-electron chi connectivity index (χ1n) is 12.9. The topological polar surface area (TPSA) is 119 Å². The molecule has 40 heavy (non-hydrogen) atoms. The molecule has 0 unspecified atom stereocenters. The van der Waals surface area contributed by atoms with Crippen LogP contribution in [0.15, 0.2) is 47.4 Å². The van der Waals surface area contributed by atoms with E-state index in [-0.39, 0.29) is 17.7 Å². The number of benzene rings is 2. The molecular weight excluding hydrogens is 543 g/mol. The van der Waals surface area contributed by atoms with E-state index in [1.807, 2.05) is 0 Å². The molecule has 0 spiro atoms. The minimum Gasteiger partial charge on any atom is -0.331 e. The summed E-state index contributed by atoms with van der Waals surface area (Å²) in [6.07, 6.45) is -5.23. The molecule has 0 bridgehead atoms. The standard InChI is InChI=1S/C29H26F3N3O4S/c1-18-12-19(22-5-3-2-4-20(22)15-33)6-7-25(18)40(38,39)21-13-23(24(36)14-27(17-34)8-9-27)35(16-21)26(37)28(10-11-28)29(30,31)32/h2-7,12,21,23H,8-11,13-14,16H2,1H3/t21-,23+/m1/s1. The number of carbonyl (C=O) groups excluding carboxylic acids is 2. The number of halogens is 3. The van der Waals surface area contributed by atoms with Crippen LogP contribution >= 0.6 is 0 Å². The van der Waals surface area contributed by atoms with Crippen molar-refractivity contribution in [3.05, 3.63) is 53.6 Å². The Hall–Kier alpha value is -3.70. The van der Waals surface area contributed by atoms with Gasteiger partial charge in [-0.1, -0.05) is 30.3 Å². The minimum atomic E-state index is -4.81. The average molecular weight is 570 g/mol. The SMILES string of the molecule is Cc1cc(-c2ccccc2C#N)ccc1S(=O)(=O)[C@@H]1C[C@@H](C(=O)CC2(C#N)CC2)N(C(=O)C2(C(F)(F)F)CC2)C1. The van der Waals surface area contributed by atoms with Crippen molar-refractivity contribution in [2.45, 2.75) is 67.8 Å². The monoisotopic (exact) mass is 569 g/mol. The first kappa shape index (κ1) is 27.9. The van der Waals surface area contributed by atoms with Crippen LogP contribution in [-0.4, -0.2) is 49.0 Å². The number of amides is 1. The van der Waals surface area contributed by atoms with Crippen molar-refractivity contribution in [1.82, 2.24) is 4.90 Å². The highest BCUT2D eigenvalue weighted by Gasteiger charge is 2.70. The number of hydrogen-bond donors (Lipinski definition) is 0. The zero-order valence-electron chi connectivity index (χ0n) is 21.7. The number of nitrogens with zero attached hydrogens (tertiary/aromatic N) is 3. The van der Waals surface area contributed by atoms with Gasteiger partial charge in [0.15, 0.2) is 15.6 Å². The molecular formula is C29H26F3N3O4S. The van der Waals surface area contributed by atoms with Crippen molar-refractivity contribution in [3.8, 4) is 23.3 Å². The van der Waals surface area contributed by atoms with Crippen LogP contribution in [0, 0.1) is 40.4 Å². The Morgan fingerprint density at radius 2 is 1.75 bits per heavy atom. The molecule has 1 amide bonds. The Morgan fingerprint density at radius 3 is 2.30 bits per heavy atom. The van der Waals surface area contributed by atoms with Crippen LogP contribution in [0.25, 0.3) is 11.1 Å². The fourth-order valence-corrected chi connectivity index (χ4v) is 7.57. The maximum atomic E-state index is 13.8. The zero-order chi connectivity index (χ0) is 29.1. The molecule has 2 aromatic rings. The number of hydrogen-bond acceptors (Lipinski definition) is 6. The minimum absolute atomic E-state index is 0.0520. The highest BCUT2D eigenvalue weighted by molar-refractivity contribution is 7.92. The molecule has 0 radical (unpaired) electrons. The summed E-state index contributed by atoms with van der Waals surface area (Å²) in [6.45, 7) is 1.05. The van der Waals surface area contributed by atoms with Crippen molar-refractivity contribution in [1.29, 1.82) is 10.5 Å². The smallest absolute Gasteiger partial charge is 0.331 e. The van der Waals surface area contributed by atoms with Crippen molar-refractivity contribution in [3.63, 3.8) is 0 Å². The third-order valence-electron chi connectivity index (χ3n) is 8.48. The number of nitriles is 2. The largest absolute Gasteiger partial charge is 0.403 e. The van der Waals surface area contributed by atoms with E-state index >= 15 is 0 Å². The van der Waals surface area contributed by atoms with E-state index in [0.29, 0.717) is 35.1 Å². The van der Waals surface area contributed by atoms with Gasteiger partial charge in [0.1, 0.15) is 5.41 Å². The van der Waals surface area contributed by atoms with Crippen LogP contribution < -0.4 is 0 Å². The van der Waals surface area contributed by atoms with Crippen molar-refractivity contribution in [2.75, 3.05) is 6.54 Å². The van der Waals surface area contributed by atoms with Gasteiger partial charge in [0.25, 0.3) is 0 Å². The molecule has 3 fully saturated rings. The summed E-state index contributed by atoms with van der Waals surface area (Å²) in [6, 6.07) is 14.2. The molecule has 7 nitrogen and oxygen atoms in total. The molecule has 1 heterocycles. The average Bonchev–Trinajstić information content (AvgIpc) is 3.84. The van der Waals surface area contributed by atoms with Gasteiger partial charge in [-0.15, -0.1) is 0 Å². The zero-order valence-corrected chi connectivity index (χ0v) is 22.5. The van der Waals surface area contributed by atoms with E-state index in [1.165, 1.54) is 6.07 Å². The number of Topliss-reactive ketones (excluding diaryl/α,β-unsaturated/α-hetero) is 1. The molecule has 2 aliphatic carbocycles. The summed E-state index contributed by atoms with van der Waals surface area (Å²) < 4.78 is 69.1. The fraction of sp³-hybridized carbons (Fsp3) is 0.448. The summed E-state index contributed by atoms with van der Waals surface area (Å²) >= 11 is 0. The predicted octanol–water partition coefficient (Wildman–Crippen LogP) is 4.88. The second kappa shape index (κ2) is 9.45. The molecule has 2 atom stereocenters. The molecule has 11 heteroatoms. The predicted molar refractivity (Wildman–Crippen MR) is 137 cm³/mol. The number of likely N-dealkylation sites (tertiary alicyclic amines) is 1. The van der Waals surface area contributed by atoms with Gasteiger partial charge in [0, 0.05) is 13.0 Å². The van der Waals surface area contributed by atoms with Crippen LogP contribution in [0.2, 0.25) is 0 Å². The summed E-state index contributed by atoms with van der Waals surface area (Å²) in [5, 5.41) is 17.6. The summed E-state index contributed by atoms with van der Waals surface area (Å²) in [7, 11) is -4.17. The second-order valence-electron chi connectivity index (χ2n) is 11.1. The number of aryl methyl sites for hydroxylation is 1. The van der Waals surface area contributed by atoms with E-state index < -0.39 is 69.2 Å². The van der Waals surface area contributed by atoms with Gasteiger partial charge in [-0.3, -0.25) is 9.59 Å². The van der Waals surface area contributed by atoms with E-state index in [2.05, 4.69) is 12.1 Å². The third kappa shape index (κ3) is 4.56. The molecule has 0 aromatic heterocycles. The first-order chi connectivity index (χ1) is 18.8. The van der Waals surface area contributed by atoms with Crippen LogP contribution in [0.5, 0.6) is 0 Å². The molecule has 2 saturated carbocycles. The van der Waals surface area contributed by atoms with Crippen LogP contribution in [0.4, 0.5) is 13.2 Å². The van der Waals surface area contributed by atoms with Crippen molar-refractivity contribution >= 4 is 21.5 Å². The van der Waals surface area contributed by atoms with Gasteiger partial charge in [-0.25, -0.2) is 8.42 Å². The third-order valence-corrected chi connectivity index (χ3v) is 10.8. The molecule has 1 saturated heterocycles. The van der Waals surface area contributed by atoms with E-state index in [0.717, 1.165) is 4.90 Å². The van der Waals surface area contributed by atoms with Crippen LogP contribution in [0.3, 0.4) is 0 Å². The summed E-state index contributed by atoms with van der Waals surface area (Å²) in [5.74, 6) is -1.85. The lowest BCUT2D eigenvalue weighted by atomic mass is 9.95. The lowest BCUT2D eigenvalue weighted by Gasteiger charge is -2.29. The van der Waals surface area contributed by atoms with E-state index in [9.17, 15) is 41.7 Å². The molecule has 2 aromatic carbocycles. The van der Waals surface area contributed by atoms with Crippen molar-refractivity contribution in [2.24, 2.45) is 10.8 Å². The van der Waals surface area contributed by atoms with E-state index in [1.54, 1.807) is 43.3 Å². The molecule has 1 aliphatic heterocycles. The fourth-order valence-electron chi connectivity index (χ4n) is 5.65. The lowest BCUT2D eigenvalue weighted by Crippen LogP contribution is -2.49. The normalized spacial score (nSPS) is 22.7. The Morgan fingerprint density at radius 1 is 1.07 bits per heavy atom. The van der Waals surface area contributed by atoms with Gasteiger partial charge in [-0.2, -0.15) is 23.7 Å². The van der Waals surface area contributed by atoms with Crippen LogP contribution in [-0.2, 0) is 19.4 Å². The molecule has 208 valence electrons. The number of alkyl halides is 3. The summed E-state index contributed by atoms with van der Waals surface area (Å²) in [4.78, 5) is 27.3. The second-order valence-corrected chi connectivity index (χ2v) is 13.3. The maximum absolute atomic E-state index is 13.8. The summed E-state index contributed by atoms with van der Waals surface area (Å²) in [5.41, 5.74) is -1.47. The maximum Gasteiger partial charge on any atom is 0.403 e. The Kier molecular flexibility index (Phi) is 6.58. The van der Waals surface area contributed by atoms with Crippen LogP contribution in [0.1, 0.15) is 49.7 Å². The highest BCUT2D eigenvalue weighted by Crippen LogP contribution is 2.59. The number of sulfone groups is 1. The molecule has 0 N–H and O–H groups in total. The number of carbonyl (C=O) groups is 2. The van der Waals surface area contributed by atoms with E-state index in [4.69, 9.17) is 0 Å². The van der Waals surface area contributed by atoms with Gasteiger partial charge in [0.05, 0.1) is 39.3 Å². The number of ketones is 1.